The van der Waals surface area contributed by atoms with Gasteiger partial charge in [-0.15, -0.1) is 29.8 Å². The van der Waals surface area contributed by atoms with Crippen LogP contribution in [0.3, 0.4) is 0 Å². The number of carbonyl (C=O) groups is 1. The van der Waals surface area contributed by atoms with Crippen LogP contribution in [-0.4, -0.2) is 6.03 Å². The molecule has 0 atom stereocenters. The zero-order chi connectivity index (χ0) is 15.1. The molecule has 0 saturated carbocycles. The Morgan fingerprint density at radius 3 is 2.45 bits per heavy atom. The molecule has 3 rings (SSSR count). The number of nitrogens with one attached hydrogen (secondary N) is 1. The topological polar surface area (TPSA) is 55.1 Å². The normalized spacial score (nSPS) is 9.14. The Labute approximate surface area is 145 Å². The van der Waals surface area contributed by atoms with E-state index < -0.39 is 6.03 Å². The van der Waals surface area contributed by atoms with Gasteiger partial charge in [-0.25, -0.2) is 16.9 Å². The molecule has 0 saturated heterocycles. The number of hydrogen-bond acceptors (Lipinski definition) is 1. The summed E-state index contributed by atoms with van der Waals surface area (Å²) in [4.78, 5) is 10.7. The number of urea groups is 1. The second kappa shape index (κ2) is 9.11. The minimum atomic E-state index is -0.566. The molecule has 3 aromatic rings. The van der Waals surface area contributed by atoms with Crippen LogP contribution in [0.15, 0.2) is 72.8 Å². The number of rotatable bonds is 2. The average molecular weight is 355 g/mol. The van der Waals surface area contributed by atoms with E-state index in [4.69, 9.17) is 17.3 Å². The van der Waals surface area contributed by atoms with Crippen molar-refractivity contribution in [2.45, 2.75) is 0 Å². The maximum Gasteiger partial charge on any atom is 6.00 e. The van der Waals surface area contributed by atoms with Gasteiger partial charge < -0.3 is 11.1 Å². The summed E-state index contributed by atoms with van der Waals surface area (Å²) in [6.07, 6.45) is 0. The Morgan fingerprint density at radius 2 is 1.91 bits per heavy atom. The smallest absolute Gasteiger partial charge is 0.352 e. The van der Waals surface area contributed by atoms with E-state index >= 15 is 0 Å². The van der Waals surface area contributed by atoms with E-state index in [-0.39, 0.29) is 17.1 Å². The number of nitrogens with two attached hydrogens (primary N) is 1. The van der Waals surface area contributed by atoms with Gasteiger partial charge in [0.05, 0.1) is 0 Å². The summed E-state index contributed by atoms with van der Waals surface area (Å²) < 4.78 is 0. The standard InChI is InChI=1S/C12H10ClN2O.C5H5.Fe/c13-10-3-1-2-8(6-10)9-4-5-11(7-9)15-12(14)16;1-2-4-5-3-1;/h1-7H,(H3,14,15,16);1-5H;/q2*-1;+6. The molecule has 3 aromatic carbocycles. The van der Waals surface area contributed by atoms with Gasteiger partial charge in [0, 0.05) is 5.02 Å². The largest absolute Gasteiger partial charge is 6.00 e. The van der Waals surface area contributed by atoms with Crippen molar-refractivity contribution in [3.05, 3.63) is 77.8 Å². The number of carbonyl (C=O) groups excluding carboxylic acids is 1. The molecule has 3 N–H and O–H groups in total. The fourth-order valence-electron chi connectivity index (χ4n) is 1.83. The van der Waals surface area contributed by atoms with Gasteiger partial charge >= 0.3 is 23.1 Å². The van der Waals surface area contributed by atoms with Crippen molar-refractivity contribution in [2.75, 3.05) is 5.32 Å². The first-order chi connectivity index (χ1) is 10.1. The zero-order valence-electron chi connectivity index (χ0n) is 11.6. The van der Waals surface area contributed by atoms with Gasteiger partial charge in [0.2, 0.25) is 0 Å². The minimum absolute atomic E-state index is 0. The maximum absolute atomic E-state index is 10.7. The third-order valence-corrected chi connectivity index (χ3v) is 2.97. The Morgan fingerprint density at radius 1 is 1.18 bits per heavy atom. The molecule has 0 aliphatic rings. The number of anilines is 1. The van der Waals surface area contributed by atoms with Gasteiger partial charge in [-0.1, -0.05) is 35.4 Å². The van der Waals surface area contributed by atoms with Crippen molar-refractivity contribution >= 4 is 23.3 Å². The third kappa shape index (κ3) is 5.78. The number of amides is 2. The van der Waals surface area contributed by atoms with Crippen molar-refractivity contribution in [1.82, 2.24) is 0 Å². The molecule has 0 aliphatic carbocycles. The Balaban J connectivity index is 0.000000344. The monoisotopic (exact) mass is 354 g/mol. The van der Waals surface area contributed by atoms with Gasteiger partial charge in [-0.05, 0) is 5.69 Å². The molecule has 0 radical (unpaired) electrons. The van der Waals surface area contributed by atoms with Gasteiger partial charge in [-0.2, -0.15) is 18.2 Å². The van der Waals surface area contributed by atoms with Crippen LogP contribution < -0.4 is 11.1 Å². The molecule has 5 heteroatoms. The number of halogens is 1. The van der Waals surface area contributed by atoms with Crippen LogP contribution in [0, 0.1) is 0 Å². The number of hydrogen-bond donors (Lipinski definition) is 2. The molecule has 0 heterocycles. The first-order valence-electron chi connectivity index (χ1n) is 6.41. The van der Waals surface area contributed by atoms with Gasteiger partial charge in [-0.3, -0.25) is 0 Å². The zero-order valence-corrected chi connectivity index (χ0v) is 13.5. The summed E-state index contributed by atoms with van der Waals surface area (Å²) in [5.41, 5.74) is 7.70. The molecule has 3 nitrogen and oxygen atoms in total. The van der Waals surface area contributed by atoms with Crippen molar-refractivity contribution in [3.63, 3.8) is 0 Å². The molecular formula is C17H15ClFeN2O+4. The molecule has 0 unspecified atom stereocenters. The summed E-state index contributed by atoms with van der Waals surface area (Å²) >= 11 is 5.90. The molecule has 0 spiro atoms. The summed E-state index contributed by atoms with van der Waals surface area (Å²) in [6.45, 7) is 0. The summed E-state index contributed by atoms with van der Waals surface area (Å²) in [7, 11) is 0. The van der Waals surface area contributed by atoms with Crippen LogP contribution in [0.25, 0.3) is 11.1 Å². The van der Waals surface area contributed by atoms with Crippen LogP contribution >= 0.6 is 11.6 Å². The molecule has 0 aliphatic heterocycles. The van der Waals surface area contributed by atoms with Crippen LogP contribution in [0.4, 0.5) is 10.5 Å². The van der Waals surface area contributed by atoms with E-state index in [0.717, 1.165) is 11.1 Å². The van der Waals surface area contributed by atoms with Crippen LogP contribution in [0.5, 0.6) is 0 Å². The third-order valence-electron chi connectivity index (χ3n) is 2.73. The van der Waals surface area contributed by atoms with E-state index in [9.17, 15) is 4.79 Å². The van der Waals surface area contributed by atoms with Gasteiger partial charge in [0.1, 0.15) is 0 Å². The fraction of sp³-hybridized carbons (Fsp3) is 0. The Bertz CT molecular complexity index is 675. The van der Waals surface area contributed by atoms with E-state index in [2.05, 4.69) is 5.32 Å². The van der Waals surface area contributed by atoms with E-state index in [1.165, 1.54) is 0 Å². The summed E-state index contributed by atoms with van der Waals surface area (Å²) in [5.74, 6) is 0. The molecule has 0 fully saturated rings. The second-order valence-corrected chi connectivity index (χ2v) is 4.79. The summed E-state index contributed by atoms with van der Waals surface area (Å²) in [6, 6.07) is 22.5. The molecule has 0 bridgehead atoms. The molecule has 22 heavy (non-hydrogen) atoms. The Hall–Kier alpha value is -2.00. The molecular weight excluding hydrogens is 339 g/mol. The van der Waals surface area contributed by atoms with Crippen molar-refractivity contribution in [1.29, 1.82) is 0 Å². The first-order valence-corrected chi connectivity index (χ1v) is 6.79. The van der Waals surface area contributed by atoms with Crippen molar-refractivity contribution in [3.8, 4) is 11.1 Å². The molecule has 2 amide bonds. The fourth-order valence-corrected chi connectivity index (χ4v) is 2.02. The number of primary amides is 1. The van der Waals surface area contributed by atoms with Crippen LogP contribution in [0.2, 0.25) is 5.02 Å². The van der Waals surface area contributed by atoms with Crippen molar-refractivity contribution < 1.29 is 21.9 Å². The first kappa shape index (κ1) is 18.0. The molecule has 0 aromatic heterocycles. The maximum atomic E-state index is 10.7. The van der Waals surface area contributed by atoms with E-state index in [1.54, 1.807) is 6.07 Å². The van der Waals surface area contributed by atoms with E-state index in [0.29, 0.717) is 10.7 Å². The van der Waals surface area contributed by atoms with Crippen molar-refractivity contribution in [2.24, 2.45) is 5.73 Å². The molecule has 110 valence electrons. The minimum Gasteiger partial charge on any atom is -0.352 e. The van der Waals surface area contributed by atoms with Gasteiger partial charge in [0.25, 0.3) is 0 Å². The quantitative estimate of drug-likeness (QED) is 0.512. The Kier molecular flexibility index (Phi) is 7.47. The van der Waals surface area contributed by atoms with Gasteiger partial charge in [0.15, 0.2) is 0 Å². The van der Waals surface area contributed by atoms with E-state index in [1.807, 2.05) is 66.7 Å². The van der Waals surface area contributed by atoms with Crippen LogP contribution in [0.1, 0.15) is 0 Å². The average Bonchev–Trinajstić information content (AvgIpc) is 3.12. The summed E-state index contributed by atoms with van der Waals surface area (Å²) in [5, 5.41) is 3.20. The predicted molar refractivity (Wildman–Crippen MR) is 87.7 cm³/mol. The van der Waals surface area contributed by atoms with Crippen LogP contribution in [-0.2, 0) is 17.1 Å². The SMILES string of the molecule is NC(=O)Nc1cc[c-](-c2cccc(Cl)c2)c1.[Fe+6].c1cc[cH-]c1. The number of benzene rings is 1. The predicted octanol–water partition coefficient (Wildman–Crippen LogP) is 4.62. The second-order valence-electron chi connectivity index (χ2n) is 4.35.